The standard InChI is InChI=1S/C14H24N2O3/c1-12(2)10-9(4-3-7-19-10)14(12,15)11(18)16-13(8-17)5-6-13/h9-10,17H,3-8,15H2,1-2H3,(H,16,18). The molecular weight excluding hydrogens is 244 g/mol. The Morgan fingerprint density at radius 3 is 2.74 bits per heavy atom. The van der Waals surface area contributed by atoms with E-state index < -0.39 is 11.1 Å². The van der Waals surface area contributed by atoms with Crippen LogP contribution in [-0.4, -0.2) is 41.4 Å². The molecule has 2 saturated carbocycles. The first-order chi connectivity index (χ1) is 8.87. The highest BCUT2D eigenvalue weighted by atomic mass is 16.5. The van der Waals surface area contributed by atoms with Crippen LogP contribution in [0.3, 0.4) is 0 Å². The van der Waals surface area contributed by atoms with E-state index in [4.69, 9.17) is 10.5 Å². The van der Waals surface area contributed by atoms with E-state index in [1.165, 1.54) is 0 Å². The number of carbonyl (C=O) groups is 1. The van der Waals surface area contributed by atoms with E-state index >= 15 is 0 Å². The minimum Gasteiger partial charge on any atom is -0.394 e. The highest BCUT2D eigenvalue weighted by molar-refractivity contribution is 5.90. The van der Waals surface area contributed by atoms with Crippen LogP contribution in [0.2, 0.25) is 0 Å². The fourth-order valence-corrected chi connectivity index (χ4v) is 3.85. The molecule has 1 heterocycles. The minimum absolute atomic E-state index is 0.000155. The molecule has 0 aromatic carbocycles. The second kappa shape index (κ2) is 3.93. The van der Waals surface area contributed by atoms with Gasteiger partial charge >= 0.3 is 0 Å². The maximum Gasteiger partial charge on any atom is 0.241 e. The van der Waals surface area contributed by atoms with Crippen LogP contribution in [0.1, 0.15) is 39.5 Å². The van der Waals surface area contributed by atoms with Crippen LogP contribution in [0.4, 0.5) is 0 Å². The first-order valence-corrected chi connectivity index (χ1v) is 7.21. The van der Waals surface area contributed by atoms with E-state index in [1.54, 1.807) is 0 Å². The summed E-state index contributed by atoms with van der Waals surface area (Å²) < 4.78 is 5.80. The molecule has 0 bridgehead atoms. The van der Waals surface area contributed by atoms with E-state index in [0.717, 1.165) is 32.3 Å². The largest absolute Gasteiger partial charge is 0.394 e. The third-order valence-corrected chi connectivity index (χ3v) is 5.60. The molecule has 19 heavy (non-hydrogen) atoms. The summed E-state index contributed by atoms with van der Waals surface area (Å²) in [5, 5.41) is 12.3. The number of rotatable bonds is 3. The summed E-state index contributed by atoms with van der Waals surface area (Å²) in [6, 6.07) is 0. The van der Waals surface area contributed by atoms with Crippen molar-refractivity contribution in [3.05, 3.63) is 0 Å². The molecule has 108 valence electrons. The van der Waals surface area contributed by atoms with Crippen molar-refractivity contribution in [3.8, 4) is 0 Å². The highest BCUT2D eigenvalue weighted by Gasteiger charge is 2.70. The Hall–Kier alpha value is -0.650. The Morgan fingerprint density at radius 2 is 2.16 bits per heavy atom. The average molecular weight is 268 g/mol. The van der Waals surface area contributed by atoms with Crippen molar-refractivity contribution in [2.24, 2.45) is 17.1 Å². The quantitative estimate of drug-likeness (QED) is 0.681. The van der Waals surface area contributed by atoms with Crippen molar-refractivity contribution in [2.75, 3.05) is 13.2 Å². The SMILES string of the molecule is CC1(C)C2OCCCC2C1(N)C(=O)NC1(CO)CC1. The van der Waals surface area contributed by atoms with Crippen molar-refractivity contribution >= 4 is 5.91 Å². The molecule has 2 aliphatic carbocycles. The predicted octanol–water partition coefficient (Wildman–Crippen LogP) is 0.160. The van der Waals surface area contributed by atoms with Crippen molar-refractivity contribution in [1.29, 1.82) is 0 Å². The summed E-state index contributed by atoms with van der Waals surface area (Å²) in [5.41, 5.74) is 4.87. The fourth-order valence-electron chi connectivity index (χ4n) is 3.85. The molecule has 0 aromatic heterocycles. The fraction of sp³-hybridized carbons (Fsp3) is 0.929. The molecule has 5 nitrogen and oxygen atoms in total. The van der Waals surface area contributed by atoms with Crippen molar-refractivity contribution < 1.29 is 14.6 Å². The molecular formula is C14H24N2O3. The van der Waals surface area contributed by atoms with E-state index in [0.29, 0.717) is 0 Å². The number of carbonyl (C=O) groups excluding carboxylic acids is 1. The zero-order valence-electron chi connectivity index (χ0n) is 11.7. The third kappa shape index (κ3) is 1.61. The number of nitrogens with one attached hydrogen (secondary N) is 1. The maximum atomic E-state index is 12.6. The summed E-state index contributed by atoms with van der Waals surface area (Å²) in [5.74, 6) is -0.0125. The molecule has 3 rings (SSSR count). The molecule has 0 spiro atoms. The van der Waals surface area contributed by atoms with Gasteiger partial charge in [0.2, 0.25) is 5.91 Å². The Morgan fingerprint density at radius 1 is 1.47 bits per heavy atom. The number of aliphatic hydroxyl groups is 1. The maximum absolute atomic E-state index is 12.6. The van der Waals surface area contributed by atoms with Gasteiger partial charge in [-0.2, -0.15) is 0 Å². The Balaban J connectivity index is 1.79. The van der Waals surface area contributed by atoms with E-state index in [9.17, 15) is 9.90 Å². The lowest BCUT2D eigenvalue weighted by atomic mass is 9.46. The zero-order chi connectivity index (χ0) is 13.9. The van der Waals surface area contributed by atoms with Gasteiger partial charge in [0, 0.05) is 17.9 Å². The molecule has 0 radical (unpaired) electrons. The first kappa shape index (κ1) is 13.3. The van der Waals surface area contributed by atoms with Crippen LogP contribution < -0.4 is 11.1 Å². The summed E-state index contributed by atoms with van der Waals surface area (Å²) >= 11 is 0. The van der Waals surface area contributed by atoms with Crippen LogP contribution in [0.5, 0.6) is 0 Å². The molecule has 1 aliphatic heterocycles. The Labute approximate surface area is 113 Å². The number of amides is 1. The second-order valence-corrected chi connectivity index (χ2v) is 7.02. The van der Waals surface area contributed by atoms with Crippen molar-refractivity contribution in [1.82, 2.24) is 5.32 Å². The van der Waals surface area contributed by atoms with E-state index in [-0.39, 0.29) is 30.0 Å². The van der Waals surface area contributed by atoms with Gasteiger partial charge in [-0.25, -0.2) is 0 Å². The summed E-state index contributed by atoms with van der Waals surface area (Å²) in [7, 11) is 0. The Kier molecular flexibility index (Phi) is 2.76. The van der Waals surface area contributed by atoms with Crippen molar-refractivity contribution in [2.45, 2.75) is 56.7 Å². The van der Waals surface area contributed by atoms with Gasteiger partial charge < -0.3 is 20.9 Å². The molecule has 3 atom stereocenters. The number of hydrogen-bond donors (Lipinski definition) is 3. The first-order valence-electron chi connectivity index (χ1n) is 7.21. The number of fused-ring (bicyclic) bond motifs is 1. The van der Waals surface area contributed by atoms with Crippen molar-refractivity contribution in [3.63, 3.8) is 0 Å². The summed E-state index contributed by atoms with van der Waals surface area (Å²) in [6.07, 6.45) is 3.69. The molecule has 4 N–H and O–H groups in total. The lowest BCUT2D eigenvalue weighted by molar-refractivity contribution is -0.225. The lowest BCUT2D eigenvalue weighted by Gasteiger charge is -2.65. The van der Waals surface area contributed by atoms with Crippen LogP contribution in [0.25, 0.3) is 0 Å². The second-order valence-electron chi connectivity index (χ2n) is 7.02. The Bertz CT molecular complexity index is 405. The van der Waals surface area contributed by atoms with Gasteiger partial charge in [-0.1, -0.05) is 13.8 Å². The number of nitrogens with two attached hydrogens (primary N) is 1. The number of hydrogen-bond acceptors (Lipinski definition) is 4. The van der Waals surface area contributed by atoms with Gasteiger partial charge in [0.1, 0.15) is 5.54 Å². The predicted molar refractivity (Wildman–Crippen MR) is 70.4 cm³/mol. The van der Waals surface area contributed by atoms with E-state index in [1.807, 2.05) is 13.8 Å². The van der Waals surface area contributed by atoms with Gasteiger partial charge in [-0.15, -0.1) is 0 Å². The van der Waals surface area contributed by atoms with E-state index in [2.05, 4.69) is 5.32 Å². The van der Waals surface area contributed by atoms with Gasteiger partial charge in [-0.3, -0.25) is 4.79 Å². The molecule has 1 saturated heterocycles. The molecule has 3 fully saturated rings. The summed E-state index contributed by atoms with van der Waals surface area (Å²) in [4.78, 5) is 12.6. The molecule has 3 unspecified atom stereocenters. The van der Waals surface area contributed by atoms with Crippen LogP contribution in [0, 0.1) is 11.3 Å². The lowest BCUT2D eigenvalue weighted by Crippen LogP contribution is -2.82. The topological polar surface area (TPSA) is 84.6 Å². The average Bonchev–Trinajstić information content (AvgIpc) is 3.18. The number of aliphatic hydroxyl groups excluding tert-OH is 1. The van der Waals surface area contributed by atoms with Gasteiger partial charge in [0.25, 0.3) is 0 Å². The molecule has 3 aliphatic rings. The highest BCUT2D eigenvalue weighted by Crippen LogP contribution is 2.57. The zero-order valence-corrected chi connectivity index (χ0v) is 11.7. The van der Waals surface area contributed by atoms with Gasteiger partial charge in [-0.05, 0) is 25.7 Å². The van der Waals surface area contributed by atoms with Gasteiger partial charge in [0.05, 0.1) is 18.2 Å². The van der Waals surface area contributed by atoms with Gasteiger partial charge in [0.15, 0.2) is 0 Å². The number of ether oxygens (including phenoxy) is 1. The van der Waals surface area contributed by atoms with Crippen LogP contribution in [0.15, 0.2) is 0 Å². The van der Waals surface area contributed by atoms with Crippen LogP contribution >= 0.6 is 0 Å². The summed E-state index contributed by atoms with van der Waals surface area (Å²) in [6.45, 7) is 4.79. The monoisotopic (exact) mass is 268 g/mol. The molecule has 0 aromatic rings. The molecule has 5 heteroatoms. The minimum atomic E-state index is -0.872. The van der Waals surface area contributed by atoms with Crippen LogP contribution in [-0.2, 0) is 9.53 Å². The smallest absolute Gasteiger partial charge is 0.241 e. The normalized spacial score (nSPS) is 41.9. The third-order valence-electron chi connectivity index (χ3n) is 5.60. The molecule has 1 amide bonds.